The van der Waals surface area contributed by atoms with E-state index in [1.807, 2.05) is 5.38 Å². The van der Waals surface area contributed by atoms with Crippen molar-refractivity contribution in [1.29, 1.82) is 0 Å². The average Bonchev–Trinajstić information content (AvgIpc) is 3.51. The molecule has 1 N–H and O–H groups in total. The fourth-order valence-corrected chi connectivity index (χ4v) is 6.48. The molecule has 3 aromatic rings. The van der Waals surface area contributed by atoms with Gasteiger partial charge in [0.1, 0.15) is 15.5 Å². The first-order chi connectivity index (χ1) is 14.4. The number of esters is 1. The molecule has 0 radical (unpaired) electrons. The van der Waals surface area contributed by atoms with Crippen molar-refractivity contribution in [1.82, 2.24) is 4.31 Å². The van der Waals surface area contributed by atoms with Crippen molar-refractivity contribution >= 4 is 50.3 Å². The fourth-order valence-electron chi connectivity index (χ4n) is 3.08. The van der Waals surface area contributed by atoms with Crippen LogP contribution in [0.25, 0.3) is 0 Å². The van der Waals surface area contributed by atoms with Crippen molar-refractivity contribution in [3.63, 3.8) is 0 Å². The Labute approximate surface area is 182 Å². The molecule has 0 aliphatic carbocycles. The highest BCUT2D eigenvalue weighted by Gasteiger charge is 2.32. The maximum absolute atomic E-state index is 12.8. The number of nitrogens with one attached hydrogen (secondary N) is 1. The van der Waals surface area contributed by atoms with Crippen LogP contribution in [-0.2, 0) is 10.0 Å². The van der Waals surface area contributed by atoms with Crippen molar-refractivity contribution in [2.75, 3.05) is 18.4 Å². The van der Waals surface area contributed by atoms with Gasteiger partial charge in [0.25, 0.3) is 5.91 Å². The SMILES string of the molecule is O=C(Nc1ccc(OC(=O)c2sccc2S(=O)(=O)N2CCCC2)cc1)c1cccs1. The van der Waals surface area contributed by atoms with Gasteiger partial charge in [-0.2, -0.15) is 4.31 Å². The summed E-state index contributed by atoms with van der Waals surface area (Å²) in [5.41, 5.74) is 0.557. The van der Waals surface area contributed by atoms with Gasteiger partial charge in [-0.1, -0.05) is 6.07 Å². The Morgan fingerprint density at radius 2 is 1.70 bits per heavy atom. The molecule has 0 bridgehead atoms. The minimum atomic E-state index is -3.71. The Morgan fingerprint density at radius 3 is 2.37 bits per heavy atom. The third-order valence-electron chi connectivity index (χ3n) is 4.57. The Kier molecular flexibility index (Phi) is 6.00. The van der Waals surface area contributed by atoms with Gasteiger partial charge in [0.15, 0.2) is 0 Å². The Bertz CT molecular complexity index is 1150. The molecular weight excluding hydrogens is 444 g/mol. The van der Waals surface area contributed by atoms with Crippen LogP contribution in [0.2, 0.25) is 0 Å². The molecule has 30 heavy (non-hydrogen) atoms. The lowest BCUT2D eigenvalue weighted by molar-refractivity contribution is 0.0735. The normalized spacial score (nSPS) is 14.5. The van der Waals surface area contributed by atoms with Crippen LogP contribution in [0.4, 0.5) is 5.69 Å². The predicted molar refractivity (Wildman–Crippen MR) is 116 cm³/mol. The fraction of sp³-hybridized carbons (Fsp3) is 0.200. The lowest BCUT2D eigenvalue weighted by Gasteiger charge is -2.15. The van der Waals surface area contributed by atoms with E-state index in [2.05, 4.69) is 5.32 Å². The van der Waals surface area contributed by atoms with Crippen LogP contribution in [0.1, 0.15) is 32.2 Å². The molecule has 4 rings (SSSR count). The summed E-state index contributed by atoms with van der Waals surface area (Å²) < 4.78 is 32.4. The van der Waals surface area contributed by atoms with E-state index in [0.717, 1.165) is 24.2 Å². The Balaban J connectivity index is 1.45. The summed E-state index contributed by atoms with van der Waals surface area (Å²) >= 11 is 2.38. The average molecular weight is 463 g/mol. The van der Waals surface area contributed by atoms with Gasteiger partial charge in [0, 0.05) is 18.8 Å². The molecule has 7 nitrogen and oxygen atoms in total. The molecule has 0 unspecified atom stereocenters. The number of nitrogens with zero attached hydrogens (tertiary/aromatic N) is 1. The van der Waals surface area contributed by atoms with Crippen LogP contribution < -0.4 is 10.1 Å². The number of rotatable bonds is 6. The number of sulfonamides is 1. The zero-order valence-electron chi connectivity index (χ0n) is 15.7. The molecule has 1 saturated heterocycles. The van der Waals surface area contributed by atoms with Crippen LogP contribution in [0.3, 0.4) is 0 Å². The van der Waals surface area contributed by atoms with E-state index in [-0.39, 0.29) is 21.4 Å². The summed E-state index contributed by atoms with van der Waals surface area (Å²) in [5, 5.41) is 6.15. The molecule has 1 aromatic carbocycles. The summed E-state index contributed by atoms with van der Waals surface area (Å²) in [4.78, 5) is 25.3. The summed E-state index contributed by atoms with van der Waals surface area (Å²) in [7, 11) is -3.71. The van der Waals surface area contributed by atoms with Gasteiger partial charge < -0.3 is 10.1 Å². The molecule has 1 aliphatic rings. The molecule has 2 aromatic heterocycles. The number of hydrogen-bond acceptors (Lipinski definition) is 7. The monoisotopic (exact) mass is 462 g/mol. The van der Waals surface area contributed by atoms with Crippen LogP contribution >= 0.6 is 22.7 Å². The second-order valence-electron chi connectivity index (χ2n) is 6.57. The number of thiophene rings is 2. The summed E-state index contributed by atoms with van der Waals surface area (Å²) in [6, 6.07) is 11.3. The molecule has 1 aliphatic heterocycles. The highest BCUT2D eigenvalue weighted by molar-refractivity contribution is 7.89. The van der Waals surface area contributed by atoms with Crippen LogP contribution in [-0.4, -0.2) is 37.7 Å². The van der Waals surface area contributed by atoms with Crippen LogP contribution in [0, 0.1) is 0 Å². The van der Waals surface area contributed by atoms with Gasteiger partial charge in [-0.05, 0) is 60.0 Å². The second kappa shape index (κ2) is 8.68. The summed E-state index contributed by atoms with van der Waals surface area (Å²) in [5.74, 6) is -0.685. The third kappa shape index (κ3) is 4.31. The van der Waals surface area contributed by atoms with Crippen molar-refractivity contribution in [3.05, 3.63) is 63.0 Å². The van der Waals surface area contributed by atoms with Crippen molar-refractivity contribution in [2.24, 2.45) is 0 Å². The van der Waals surface area contributed by atoms with E-state index in [1.54, 1.807) is 41.8 Å². The number of benzene rings is 1. The van der Waals surface area contributed by atoms with Gasteiger partial charge in [-0.3, -0.25) is 4.79 Å². The standard InChI is InChI=1S/C20H18N2O5S3/c23-19(16-4-3-12-28-16)21-14-5-7-15(8-6-14)27-20(24)18-17(9-13-29-18)30(25,26)22-10-1-2-11-22/h3-9,12-13H,1-2,10-11H2,(H,21,23). The largest absolute Gasteiger partial charge is 0.422 e. The molecule has 10 heteroatoms. The molecule has 156 valence electrons. The number of ether oxygens (including phenoxy) is 1. The van der Waals surface area contributed by atoms with Gasteiger partial charge in [-0.25, -0.2) is 13.2 Å². The smallest absolute Gasteiger partial charge is 0.355 e. The maximum atomic E-state index is 12.8. The van der Waals surface area contributed by atoms with Gasteiger partial charge in [-0.15, -0.1) is 22.7 Å². The molecule has 1 amide bonds. The first kappa shape index (κ1) is 20.7. The zero-order valence-corrected chi connectivity index (χ0v) is 18.2. The van der Waals surface area contributed by atoms with Gasteiger partial charge >= 0.3 is 5.97 Å². The van der Waals surface area contributed by atoms with Crippen LogP contribution in [0.5, 0.6) is 5.75 Å². The maximum Gasteiger partial charge on any atom is 0.355 e. The summed E-state index contributed by atoms with van der Waals surface area (Å²) in [6.07, 6.45) is 1.64. The van der Waals surface area contributed by atoms with Crippen molar-refractivity contribution in [2.45, 2.75) is 17.7 Å². The lowest BCUT2D eigenvalue weighted by Crippen LogP contribution is -2.29. The molecule has 0 spiro atoms. The molecule has 3 heterocycles. The van der Waals surface area contributed by atoms with Gasteiger partial charge in [0.2, 0.25) is 10.0 Å². The minimum Gasteiger partial charge on any atom is -0.422 e. The molecule has 0 atom stereocenters. The minimum absolute atomic E-state index is 0.0146. The van der Waals surface area contributed by atoms with Crippen molar-refractivity contribution < 1.29 is 22.7 Å². The highest BCUT2D eigenvalue weighted by atomic mass is 32.2. The number of carbonyl (C=O) groups is 2. The molecular formula is C20H18N2O5S3. The topological polar surface area (TPSA) is 92.8 Å². The van der Waals surface area contributed by atoms with E-state index in [9.17, 15) is 18.0 Å². The quantitative estimate of drug-likeness (QED) is 0.440. The Hall–Kier alpha value is -2.53. The second-order valence-corrected chi connectivity index (χ2v) is 10.3. The lowest BCUT2D eigenvalue weighted by atomic mass is 10.3. The predicted octanol–water partition coefficient (Wildman–Crippen LogP) is 4.07. The van der Waals surface area contributed by atoms with E-state index in [0.29, 0.717) is 23.7 Å². The molecule has 0 saturated carbocycles. The third-order valence-corrected chi connectivity index (χ3v) is 8.40. The van der Waals surface area contributed by atoms with Gasteiger partial charge in [0.05, 0.1) is 4.88 Å². The first-order valence-electron chi connectivity index (χ1n) is 9.20. The Morgan fingerprint density at radius 1 is 0.967 bits per heavy atom. The molecule has 1 fully saturated rings. The summed E-state index contributed by atoms with van der Waals surface area (Å²) in [6.45, 7) is 0.927. The van der Waals surface area contributed by atoms with E-state index >= 15 is 0 Å². The van der Waals surface area contributed by atoms with Crippen LogP contribution in [0.15, 0.2) is 58.1 Å². The highest BCUT2D eigenvalue weighted by Crippen LogP contribution is 2.29. The first-order valence-corrected chi connectivity index (χ1v) is 12.4. The zero-order chi connectivity index (χ0) is 21.1. The van der Waals surface area contributed by atoms with Crippen molar-refractivity contribution in [3.8, 4) is 5.75 Å². The van der Waals surface area contributed by atoms with E-state index in [4.69, 9.17) is 4.74 Å². The number of hydrogen-bond donors (Lipinski definition) is 1. The number of amides is 1. The van der Waals surface area contributed by atoms with E-state index < -0.39 is 16.0 Å². The number of carbonyl (C=O) groups excluding carboxylic acids is 2. The van der Waals surface area contributed by atoms with E-state index in [1.165, 1.54) is 21.7 Å². The number of anilines is 1.